The van der Waals surface area contributed by atoms with Gasteiger partial charge in [0.05, 0.1) is 0 Å². The quantitative estimate of drug-likeness (QED) is 0.746. The fraction of sp³-hybridized carbons (Fsp3) is 0.0714. The van der Waals surface area contributed by atoms with Gasteiger partial charge in [-0.15, -0.1) is 0 Å². The van der Waals surface area contributed by atoms with Gasteiger partial charge in [0.15, 0.2) is 5.78 Å². The minimum absolute atomic E-state index is 0.0788. The Hall–Kier alpha value is -1.25. The molecule has 0 saturated heterocycles. The lowest BCUT2D eigenvalue weighted by atomic mass is 10.1. The monoisotopic (exact) mass is 262 g/mol. The molecule has 0 saturated carbocycles. The average Bonchev–Trinajstić information content (AvgIpc) is 2.29. The van der Waals surface area contributed by atoms with Gasteiger partial charge in [-0.1, -0.05) is 47.6 Å². The van der Waals surface area contributed by atoms with Crippen LogP contribution in [0.15, 0.2) is 58.3 Å². The molecule has 0 atom stereocenters. The summed E-state index contributed by atoms with van der Waals surface area (Å²) in [4.78, 5) is 13.5. The van der Waals surface area contributed by atoms with Crippen molar-refractivity contribution in [1.82, 2.24) is 0 Å². The van der Waals surface area contributed by atoms with Gasteiger partial charge in [0.25, 0.3) is 0 Å². The first kappa shape index (κ1) is 12.2. The zero-order chi connectivity index (χ0) is 12.3. The summed E-state index contributed by atoms with van der Waals surface area (Å²) in [7, 11) is 0. The molecule has 0 amide bonds. The van der Waals surface area contributed by atoms with Crippen LogP contribution in [0.2, 0.25) is 5.02 Å². The number of Topliss-reactive ketones (excluding diaryl/α,β-unsaturated/α-hetero) is 1. The van der Waals surface area contributed by atoms with Gasteiger partial charge < -0.3 is 0 Å². The molecule has 0 N–H and O–H groups in total. The lowest BCUT2D eigenvalue weighted by Gasteiger charge is -2.06. The molecule has 2 aromatic rings. The minimum atomic E-state index is 0.0788. The Labute approximate surface area is 110 Å². The van der Waals surface area contributed by atoms with Crippen LogP contribution in [-0.4, -0.2) is 5.78 Å². The molecule has 0 aliphatic carbocycles. The molecule has 0 radical (unpaired) electrons. The van der Waals surface area contributed by atoms with Crippen LogP contribution in [0, 0.1) is 0 Å². The van der Waals surface area contributed by atoms with E-state index in [1.807, 2.05) is 48.5 Å². The lowest BCUT2D eigenvalue weighted by molar-refractivity contribution is 0.101. The van der Waals surface area contributed by atoms with E-state index in [9.17, 15) is 4.79 Å². The predicted molar refractivity (Wildman–Crippen MR) is 72.0 cm³/mol. The number of benzene rings is 2. The molecular formula is C14H11ClOS. The minimum Gasteiger partial charge on any atom is -0.294 e. The van der Waals surface area contributed by atoms with Crippen molar-refractivity contribution in [2.24, 2.45) is 0 Å². The fourth-order valence-corrected chi connectivity index (χ4v) is 2.81. The maximum atomic E-state index is 11.5. The summed E-state index contributed by atoms with van der Waals surface area (Å²) < 4.78 is 0. The number of carbonyl (C=O) groups excluding carboxylic acids is 1. The van der Waals surface area contributed by atoms with Crippen molar-refractivity contribution in [3.8, 4) is 0 Å². The van der Waals surface area contributed by atoms with E-state index in [1.165, 1.54) is 0 Å². The molecule has 0 spiro atoms. The molecular weight excluding hydrogens is 252 g/mol. The van der Waals surface area contributed by atoms with E-state index in [0.29, 0.717) is 5.02 Å². The molecule has 0 bridgehead atoms. The maximum Gasteiger partial charge on any atom is 0.160 e. The average molecular weight is 263 g/mol. The third-order valence-electron chi connectivity index (χ3n) is 2.29. The number of hydrogen-bond donors (Lipinski definition) is 0. The Morgan fingerprint density at radius 2 is 1.88 bits per heavy atom. The summed E-state index contributed by atoms with van der Waals surface area (Å²) in [5.74, 6) is 0.0788. The highest BCUT2D eigenvalue weighted by Crippen LogP contribution is 2.31. The second kappa shape index (κ2) is 5.39. The first-order valence-electron chi connectivity index (χ1n) is 5.20. The Morgan fingerprint density at radius 1 is 1.12 bits per heavy atom. The number of ketones is 1. The molecule has 0 fully saturated rings. The van der Waals surface area contributed by atoms with Gasteiger partial charge in [0.1, 0.15) is 0 Å². The molecule has 2 rings (SSSR count). The standard InChI is InChI=1S/C14H11ClOS/c1-10(16)13-7-2-3-8-14(13)17-12-6-4-5-11(15)9-12/h2-9H,1H3. The molecule has 0 heterocycles. The molecule has 2 aromatic carbocycles. The van der Waals surface area contributed by atoms with Crippen molar-refractivity contribution in [2.45, 2.75) is 16.7 Å². The van der Waals surface area contributed by atoms with Crippen LogP contribution in [-0.2, 0) is 0 Å². The van der Waals surface area contributed by atoms with E-state index >= 15 is 0 Å². The Balaban J connectivity index is 2.33. The molecule has 0 aliphatic heterocycles. The van der Waals surface area contributed by atoms with Gasteiger partial charge in [-0.25, -0.2) is 0 Å². The van der Waals surface area contributed by atoms with E-state index in [0.717, 1.165) is 15.4 Å². The van der Waals surface area contributed by atoms with Gasteiger partial charge in [0.2, 0.25) is 0 Å². The normalized spacial score (nSPS) is 10.2. The summed E-state index contributed by atoms with van der Waals surface area (Å²) in [6.07, 6.45) is 0. The SMILES string of the molecule is CC(=O)c1ccccc1Sc1cccc(Cl)c1. The zero-order valence-electron chi connectivity index (χ0n) is 9.31. The summed E-state index contributed by atoms with van der Waals surface area (Å²) >= 11 is 7.48. The van der Waals surface area contributed by atoms with Crippen LogP contribution < -0.4 is 0 Å². The number of hydrogen-bond acceptors (Lipinski definition) is 2. The third-order valence-corrected chi connectivity index (χ3v) is 3.59. The van der Waals surface area contributed by atoms with Gasteiger partial charge in [-0.05, 0) is 31.2 Å². The Morgan fingerprint density at radius 3 is 2.59 bits per heavy atom. The van der Waals surface area contributed by atoms with Gasteiger partial charge in [-0.2, -0.15) is 0 Å². The summed E-state index contributed by atoms with van der Waals surface area (Å²) in [6.45, 7) is 1.58. The summed E-state index contributed by atoms with van der Waals surface area (Å²) in [5.41, 5.74) is 0.748. The van der Waals surface area contributed by atoms with Gasteiger partial charge in [-0.3, -0.25) is 4.79 Å². The molecule has 0 aliphatic rings. The van der Waals surface area contributed by atoms with Crippen molar-refractivity contribution >= 4 is 29.1 Å². The fourth-order valence-electron chi connectivity index (χ4n) is 1.50. The molecule has 86 valence electrons. The van der Waals surface area contributed by atoms with Crippen LogP contribution in [0.5, 0.6) is 0 Å². The first-order chi connectivity index (χ1) is 8.16. The summed E-state index contributed by atoms with van der Waals surface area (Å²) in [6, 6.07) is 15.2. The molecule has 1 nitrogen and oxygen atoms in total. The number of halogens is 1. The summed E-state index contributed by atoms with van der Waals surface area (Å²) in [5, 5.41) is 0.704. The van der Waals surface area contributed by atoms with Crippen LogP contribution in [0.1, 0.15) is 17.3 Å². The maximum absolute atomic E-state index is 11.5. The van der Waals surface area contributed by atoms with E-state index in [2.05, 4.69) is 0 Å². The van der Waals surface area contributed by atoms with E-state index in [4.69, 9.17) is 11.6 Å². The largest absolute Gasteiger partial charge is 0.294 e. The van der Waals surface area contributed by atoms with Gasteiger partial charge in [0, 0.05) is 20.4 Å². The van der Waals surface area contributed by atoms with Crippen LogP contribution >= 0.6 is 23.4 Å². The van der Waals surface area contributed by atoms with Crippen molar-refractivity contribution in [1.29, 1.82) is 0 Å². The van der Waals surface area contributed by atoms with Crippen molar-refractivity contribution in [3.05, 3.63) is 59.1 Å². The van der Waals surface area contributed by atoms with Crippen LogP contribution in [0.3, 0.4) is 0 Å². The highest BCUT2D eigenvalue weighted by molar-refractivity contribution is 7.99. The number of carbonyl (C=O) groups is 1. The highest BCUT2D eigenvalue weighted by Gasteiger charge is 2.07. The topological polar surface area (TPSA) is 17.1 Å². The van der Waals surface area contributed by atoms with Crippen LogP contribution in [0.25, 0.3) is 0 Å². The zero-order valence-corrected chi connectivity index (χ0v) is 10.9. The van der Waals surface area contributed by atoms with Crippen molar-refractivity contribution < 1.29 is 4.79 Å². The van der Waals surface area contributed by atoms with E-state index < -0.39 is 0 Å². The van der Waals surface area contributed by atoms with Crippen molar-refractivity contribution in [2.75, 3.05) is 0 Å². The van der Waals surface area contributed by atoms with Gasteiger partial charge >= 0.3 is 0 Å². The Kier molecular flexibility index (Phi) is 3.87. The molecule has 17 heavy (non-hydrogen) atoms. The highest BCUT2D eigenvalue weighted by atomic mass is 35.5. The van der Waals surface area contributed by atoms with Crippen molar-refractivity contribution in [3.63, 3.8) is 0 Å². The second-order valence-corrected chi connectivity index (χ2v) is 5.16. The Bertz CT molecular complexity index is 551. The smallest absolute Gasteiger partial charge is 0.160 e. The lowest BCUT2D eigenvalue weighted by Crippen LogP contribution is -1.94. The van der Waals surface area contributed by atoms with Crippen LogP contribution in [0.4, 0.5) is 0 Å². The van der Waals surface area contributed by atoms with E-state index in [-0.39, 0.29) is 5.78 Å². The second-order valence-electron chi connectivity index (χ2n) is 3.61. The molecule has 3 heteroatoms. The molecule has 0 unspecified atom stereocenters. The third kappa shape index (κ3) is 3.11. The first-order valence-corrected chi connectivity index (χ1v) is 6.39. The molecule has 0 aromatic heterocycles. The number of rotatable bonds is 3. The predicted octanol–water partition coefficient (Wildman–Crippen LogP) is 4.69. The van der Waals surface area contributed by atoms with E-state index in [1.54, 1.807) is 18.7 Å².